The maximum Gasteiger partial charge on any atom is 0.146 e. The molecule has 1 aromatic carbocycles. The molecule has 2 rings (SSSR count). The Balaban J connectivity index is 2.08. The summed E-state index contributed by atoms with van der Waals surface area (Å²) in [4.78, 5) is 2.07. The molecule has 18 heavy (non-hydrogen) atoms. The zero-order chi connectivity index (χ0) is 12.8. The molecule has 1 saturated heterocycles. The molecule has 0 saturated carbocycles. The highest BCUT2D eigenvalue weighted by Gasteiger charge is 2.14. The third kappa shape index (κ3) is 3.43. The van der Waals surface area contributed by atoms with E-state index in [1.165, 1.54) is 0 Å². The van der Waals surface area contributed by atoms with E-state index in [-0.39, 0.29) is 5.82 Å². The van der Waals surface area contributed by atoms with E-state index in [2.05, 4.69) is 10.2 Å². The largest absolute Gasteiger partial charge is 0.380 e. The van der Waals surface area contributed by atoms with Gasteiger partial charge in [-0.25, -0.2) is 4.39 Å². The van der Waals surface area contributed by atoms with Gasteiger partial charge >= 0.3 is 0 Å². The van der Waals surface area contributed by atoms with Gasteiger partial charge in [-0.1, -0.05) is 13.0 Å². The van der Waals surface area contributed by atoms with E-state index in [0.29, 0.717) is 12.3 Å². The van der Waals surface area contributed by atoms with Crippen molar-refractivity contribution < 1.29 is 9.13 Å². The molecule has 0 aliphatic carbocycles. The molecular formula is C14H21FN2O. The third-order valence-corrected chi connectivity index (χ3v) is 3.15. The van der Waals surface area contributed by atoms with Crippen LogP contribution in [0.15, 0.2) is 18.2 Å². The van der Waals surface area contributed by atoms with Crippen molar-refractivity contribution in [2.45, 2.75) is 19.9 Å². The molecule has 1 N–H and O–H groups in total. The summed E-state index contributed by atoms with van der Waals surface area (Å²) < 4.78 is 19.5. The highest BCUT2D eigenvalue weighted by atomic mass is 19.1. The minimum absolute atomic E-state index is 0.132. The van der Waals surface area contributed by atoms with Crippen LogP contribution >= 0.6 is 0 Å². The second-order valence-corrected chi connectivity index (χ2v) is 4.52. The second-order valence-electron chi connectivity index (χ2n) is 4.52. The highest BCUT2D eigenvalue weighted by molar-refractivity contribution is 5.49. The van der Waals surface area contributed by atoms with Crippen LogP contribution in [-0.4, -0.2) is 32.8 Å². The summed E-state index contributed by atoms with van der Waals surface area (Å²) in [5.41, 5.74) is 1.69. The van der Waals surface area contributed by atoms with E-state index in [9.17, 15) is 4.39 Å². The van der Waals surface area contributed by atoms with Crippen LogP contribution in [0.5, 0.6) is 0 Å². The number of hydrogen-bond donors (Lipinski definition) is 1. The Morgan fingerprint density at radius 1 is 1.33 bits per heavy atom. The fourth-order valence-electron chi connectivity index (χ4n) is 2.17. The van der Waals surface area contributed by atoms with Gasteiger partial charge in [0.2, 0.25) is 0 Å². The number of halogens is 1. The number of benzene rings is 1. The molecule has 0 unspecified atom stereocenters. The zero-order valence-electron chi connectivity index (χ0n) is 10.9. The molecule has 0 spiro atoms. The smallest absolute Gasteiger partial charge is 0.146 e. The van der Waals surface area contributed by atoms with Gasteiger partial charge in [-0.3, -0.25) is 0 Å². The Kier molecular flexibility index (Phi) is 4.96. The molecule has 0 amide bonds. The summed E-state index contributed by atoms with van der Waals surface area (Å²) in [6.07, 6.45) is 0.957. The molecule has 0 bridgehead atoms. The molecule has 1 heterocycles. The maximum atomic E-state index is 14.1. The first-order chi connectivity index (χ1) is 8.81. The predicted octanol–water partition coefficient (Wildman–Crippen LogP) is 2.16. The summed E-state index contributed by atoms with van der Waals surface area (Å²) in [6, 6.07) is 5.50. The molecular weight excluding hydrogens is 231 g/mol. The first-order valence-electron chi connectivity index (χ1n) is 6.63. The molecule has 1 aromatic rings. The van der Waals surface area contributed by atoms with Gasteiger partial charge in [-0.05, 0) is 30.7 Å². The maximum absolute atomic E-state index is 14.1. The number of nitrogens with one attached hydrogen (secondary N) is 1. The standard InChI is InChI=1S/C14H21FN2O/c1-2-16-11-12-4-5-14(13(15)10-12)17-6-3-8-18-9-7-17/h4-5,10,16H,2-3,6-9,11H2,1H3. The van der Waals surface area contributed by atoms with Crippen molar-refractivity contribution in [2.75, 3.05) is 37.7 Å². The summed E-state index contributed by atoms with van der Waals surface area (Å²) in [7, 11) is 0. The number of ether oxygens (including phenoxy) is 1. The van der Waals surface area contributed by atoms with Gasteiger partial charge in [-0.2, -0.15) is 0 Å². The van der Waals surface area contributed by atoms with Gasteiger partial charge in [-0.15, -0.1) is 0 Å². The Labute approximate surface area is 108 Å². The molecule has 3 nitrogen and oxygen atoms in total. The first kappa shape index (κ1) is 13.3. The molecule has 1 aliphatic rings. The summed E-state index contributed by atoms with van der Waals surface area (Å²) in [5, 5.41) is 3.20. The topological polar surface area (TPSA) is 24.5 Å². The van der Waals surface area contributed by atoms with Gasteiger partial charge in [0, 0.05) is 26.2 Å². The molecule has 0 atom stereocenters. The van der Waals surface area contributed by atoms with Gasteiger partial charge in [0.05, 0.1) is 12.3 Å². The van der Waals surface area contributed by atoms with Crippen LogP contribution in [0.25, 0.3) is 0 Å². The highest BCUT2D eigenvalue weighted by Crippen LogP contribution is 2.21. The molecule has 4 heteroatoms. The minimum atomic E-state index is -0.132. The zero-order valence-corrected chi connectivity index (χ0v) is 10.9. The molecule has 0 radical (unpaired) electrons. The average Bonchev–Trinajstić information content (AvgIpc) is 2.65. The normalized spacial score (nSPS) is 16.7. The molecule has 0 aromatic heterocycles. The monoisotopic (exact) mass is 252 g/mol. The average molecular weight is 252 g/mol. The van der Waals surface area contributed by atoms with Gasteiger partial charge in [0.15, 0.2) is 0 Å². The van der Waals surface area contributed by atoms with Crippen LogP contribution in [0.1, 0.15) is 18.9 Å². The number of rotatable bonds is 4. The van der Waals surface area contributed by atoms with Crippen molar-refractivity contribution in [3.8, 4) is 0 Å². The molecule has 1 aliphatic heterocycles. The SMILES string of the molecule is CCNCc1ccc(N2CCCOCC2)c(F)c1. The lowest BCUT2D eigenvalue weighted by molar-refractivity contribution is 0.152. The quantitative estimate of drug-likeness (QED) is 0.888. The van der Waals surface area contributed by atoms with E-state index in [1.807, 2.05) is 19.1 Å². The Hall–Kier alpha value is -1.13. The van der Waals surface area contributed by atoms with Crippen molar-refractivity contribution in [1.82, 2.24) is 5.32 Å². The lowest BCUT2D eigenvalue weighted by Gasteiger charge is -2.22. The van der Waals surface area contributed by atoms with E-state index >= 15 is 0 Å². The lowest BCUT2D eigenvalue weighted by Crippen LogP contribution is -2.26. The number of nitrogens with zero attached hydrogens (tertiary/aromatic N) is 1. The van der Waals surface area contributed by atoms with Gasteiger partial charge < -0.3 is 15.0 Å². The molecule has 1 fully saturated rings. The minimum Gasteiger partial charge on any atom is -0.380 e. The summed E-state index contributed by atoms with van der Waals surface area (Å²) >= 11 is 0. The van der Waals surface area contributed by atoms with Gasteiger partial charge in [0.25, 0.3) is 0 Å². The Morgan fingerprint density at radius 2 is 2.22 bits per heavy atom. The summed E-state index contributed by atoms with van der Waals surface area (Å²) in [5.74, 6) is -0.132. The Bertz CT molecular complexity index is 376. The first-order valence-corrected chi connectivity index (χ1v) is 6.63. The van der Waals surface area contributed by atoms with Crippen molar-refractivity contribution in [3.05, 3.63) is 29.6 Å². The summed E-state index contributed by atoms with van der Waals surface area (Å²) in [6.45, 7) is 6.74. The Morgan fingerprint density at radius 3 is 3.00 bits per heavy atom. The number of anilines is 1. The number of hydrogen-bond acceptors (Lipinski definition) is 3. The van der Waals surface area contributed by atoms with E-state index < -0.39 is 0 Å². The van der Waals surface area contributed by atoms with Crippen molar-refractivity contribution in [3.63, 3.8) is 0 Å². The van der Waals surface area contributed by atoms with Crippen LogP contribution in [0, 0.1) is 5.82 Å². The predicted molar refractivity (Wildman–Crippen MR) is 71.4 cm³/mol. The lowest BCUT2D eigenvalue weighted by atomic mass is 10.1. The van der Waals surface area contributed by atoms with Crippen LogP contribution < -0.4 is 10.2 Å². The van der Waals surface area contributed by atoms with E-state index in [1.54, 1.807) is 6.07 Å². The third-order valence-electron chi connectivity index (χ3n) is 3.15. The van der Waals surface area contributed by atoms with Crippen LogP contribution in [0.2, 0.25) is 0 Å². The van der Waals surface area contributed by atoms with Crippen LogP contribution in [0.3, 0.4) is 0 Å². The van der Waals surface area contributed by atoms with Crippen LogP contribution in [-0.2, 0) is 11.3 Å². The van der Waals surface area contributed by atoms with Crippen LogP contribution in [0.4, 0.5) is 10.1 Å². The molecule has 100 valence electrons. The van der Waals surface area contributed by atoms with Gasteiger partial charge in [0.1, 0.15) is 5.82 Å². The van der Waals surface area contributed by atoms with Crippen molar-refractivity contribution >= 4 is 5.69 Å². The fourth-order valence-corrected chi connectivity index (χ4v) is 2.17. The van der Waals surface area contributed by atoms with Crippen molar-refractivity contribution in [1.29, 1.82) is 0 Å². The van der Waals surface area contributed by atoms with E-state index in [0.717, 1.165) is 44.8 Å². The fraction of sp³-hybridized carbons (Fsp3) is 0.571. The second kappa shape index (κ2) is 6.71. The van der Waals surface area contributed by atoms with Crippen molar-refractivity contribution in [2.24, 2.45) is 0 Å². The van der Waals surface area contributed by atoms with E-state index in [4.69, 9.17) is 4.74 Å².